The van der Waals surface area contributed by atoms with Gasteiger partial charge in [-0.2, -0.15) is 0 Å². The molecule has 2 aromatic carbocycles. The highest BCUT2D eigenvalue weighted by atomic mass is 16.1. The number of aryl methyl sites for hydroxylation is 2. The molecule has 0 amide bonds. The van der Waals surface area contributed by atoms with Gasteiger partial charge in [-0.1, -0.05) is 49.2 Å². The molecule has 0 aliphatic heterocycles. The van der Waals surface area contributed by atoms with Gasteiger partial charge in [0.15, 0.2) is 0 Å². The number of rotatable bonds is 15. The molecule has 2 aromatic heterocycles. The third-order valence-corrected chi connectivity index (χ3v) is 6.81. The van der Waals surface area contributed by atoms with Crippen molar-refractivity contribution >= 4 is 33.4 Å². The maximum absolute atomic E-state index is 12.2. The number of para-hydroxylation sites is 2. The van der Waals surface area contributed by atoms with E-state index in [1.165, 1.54) is 21.9 Å². The van der Waals surface area contributed by atoms with Crippen molar-refractivity contribution in [3.8, 4) is 0 Å². The van der Waals surface area contributed by atoms with Crippen molar-refractivity contribution in [1.82, 2.24) is 9.97 Å². The van der Waals surface area contributed by atoms with Crippen LogP contribution in [0.1, 0.15) is 75.3 Å². The minimum atomic E-state index is 0.369. The Balaban J connectivity index is 1.01. The molecule has 0 aliphatic carbocycles. The summed E-state index contributed by atoms with van der Waals surface area (Å²) in [4.78, 5) is 31.0. The van der Waals surface area contributed by atoms with Gasteiger partial charge in [-0.05, 0) is 61.8 Å². The predicted octanol–water partition coefficient (Wildman–Crippen LogP) is 7.47. The number of aromatic nitrogens is 2. The van der Waals surface area contributed by atoms with Gasteiger partial charge in [-0.15, -0.1) is 0 Å². The topological polar surface area (TPSA) is 65.7 Å². The summed E-state index contributed by atoms with van der Waals surface area (Å²) < 4.78 is 0. The molecule has 34 heavy (non-hydrogen) atoms. The molecule has 2 heterocycles. The molecule has 0 aliphatic rings. The molecule has 2 N–H and O–H groups in total. The lowest BCUT2D eigenvalue weighted by molar-refractivity contribution is -0.120. The highest BCUT2D eigenvalue weighted by Crippen LogP contribution is 2.21. The number of nitrogens with one attached hydrogen (secondary N) is 2. The quantitative estimate of drug-likeness (QED) is 0.182. The van der Waals surface area contributed by atoms with Crippen LogP contribution in [0, 0.1) is 0 Å². The van der Waals surface area contributed by atoms with E-state index in [4.69, 9.17) is 0 Å². The first-order valence-electron chi connectivity index (χ1n) is 12.8. The Hall–Kier alpha value is -3.14. The van der Waals surface area contributed by atoms with Crippen molar-refractivity contribution in [3.05, 3.63) is 72.1 Å². The van der Waals surface area contributed by atoms with E-state index in [2.05, 4.69) is 58.8 Å². The smallest absolute Gasteiger partial charge is 0.132 e. The van der Waals surface area contributed by atoms with Crippen LogP contribution < -0.4 is 0 Å². The molecule has 0 atom stereocenters. The summed E-state index contributed by atoms with van der Waals surface area (Å²) in [5.74, 6) is 0.737. The van der Waals surface area contributed by atoms with E-state index < -0.39 is 0 Å². The Bertz CT molecular complexity index is 1120. The predicted molar refractivity (Wildman–Crippen MR) is 140 cm³/mol. The molecule has 0 fully saturated rings. The monoisotopic (exact) mass is 456 g/mol. The molecular weight excluding hydrogens is 420 g/mol. The lowest BCUT2D eigenvalue weighted by Gasteiger charge is -2.03. The van der Waals surface area contributed by atoms with Crippen molar-refractivity contribution in [1.29, 1.82) is 0 Å². The third-order valence-electron chi connectivity index (χ3n) is 6.81. The summed E-state index contributed by atoms with van der Waals surface area (Å²) in [6.07, 6.45) is 14.5. The maximum atomic E-state index is 12.2. The van der Waals surface area contributed by atoms with Crippen LogP contribution in [0.4, 0.5) is 0 Å². The minimum absolute atomic E-state index is 0.369. The summed E-state index contributed by atoms with van der Waals surface area (Å²) in [6.45, 7) is 0. The number of aromatic amines is 2. The Kier molecular flexibility index (Phi) is 8.72. The minimum Gasteiger partial charge on any atom is -0.361 e. The number of carbonyl (C=O) groups is 2. The van der Waals surface area contributed by atoms with E-state index in [1.807, 2.05) is 12.1 Å². The normalized spacial score (nSPS) is 11.4. The SMILES string of the molecule is O=C(CCCCCCC(=O)CCCc1c[nH]c2ccccc12)CCCc1c[nH]c2ccccc12. The van der Waals surface area contributed by atoms with Crippen molar-refractivity contribution in [2.45, 2.75) is 77.0 Å². The molecule has 0 saturated carbocycles. The van der Waals surface area contributed by atoms with Crippen molar-refractivity contribution in [2.75, 3.05) is 0 Å². The first kappa shape index (κ1) is 24.0. The number of hydrogen-bond donors (Lipinski definition) is 2. The fourth-order valence-electron chi connectivity index (χ4n) is 4.88. The van der Waals surface area contributed by atoms with Crippen LogP contribution in [0.15, 0.2) is 60.9 Å². The summed E-state index contributed by atoms with van der Waals surface area (Å²) in [5.41, 5.74) is 4.93. The summed E-state index contributed by atoms with van der Waals surface area (Å²) in [6, 6.07) is 16.6. The van der Waals surface area contributed by atoms with Gasteiger partial charge < -0.3 is 9.97 Å². The lowest BCUT2D eigenvalue weighted by Crippen LogP contribution is -2.00. The van der Waals surface area contributed by atoms with Gasteiger partial charge in [0.25, 0.3) is 0 Å². The highest BCUT2D eigenvalue weighted by Gasteiger charge is 2.08. The molecule has 0 radical (unpaired) electrons. The molecule has 0 saturated heterocycles. The van der Waals surface area contributed by atoms with E-state index in [0.29, 0.717) is 37.2 Å². The molecule has 0 spiro atoms. The number of benzene rings is 2. The number of Topliss-reactive ketones (excluding diaryl/α,β-unsaturated/α-hetero) is 2. The second-order valence-electron chi connectivity index (χ2n) is 9.42. The van der Waals surface area contributed by atoms with Gasteiger partial charge in [0.2, 0.25) is 0 Å². The van der Waals surface area contributed by atoms with E-state index in [1.54, 1.807) is 0 Å². The van der Waals surface area contributed by atoms with Crippen LogP contribution in [0.5, 0.6) is 0 Å². The number of unbranched alkanes of at least 4 members (excludes halogenated alkanes) is 3. The number of carbonyl (C=O) groups excluding carboxylic acids is 2. The average molecular weight is 457 g/mol. The van der Waals surface area contributed by atoms with E-state index in [0.717, 1.165) is 62.4 Å². The fourth-order valence-corrected chi connectivity index (χ4v) is 4.88. The van der Waals surface area contributed by atoms with Crippen LogP contribution >= 0.6 is 0 Å². The highest BCUT2D eigenvalue weighted by molar-refractivity contribution is 5.84. The first-order valence-corrected chi connectivity index (χ1v) is 12.8. The van der Waals surface area contributed by atoms with Gasteiger partial charge in [0.1, 0.15) is 11.6 Å². The standard InChI is InChI=1S/C30H36N2O2/c33-25(15-9-11-23-21-31-29-19-7-5-17-27(23)29)13-3-1-2-4-14-26(34)16-10-12-24-22-32-30-20-8-6-18-28(24)30/h5-8,17-22,31-32H,1-4,9-16H2. The molecule has 178 valence electrons. The van der Waals surface area contributed by atoms with E-state index >= 15 is 0 Å². The zero-order chi connectivity index (χ0) is 23.6. The zero-order valence-corrected chi connectivity index (χ0v) is 20.1. The maximum Gasteiger partial charge on any atom is 0.132 e. The molecule has 4 nitrogen and oxygen atoms in total. The molecule has 0 unspecified atom stereocenters. The van der Waals surface area contributed by atoms with Gasteiger partial charge in [0, 0.05) is 59.9 Å². The lowest BCUT2D eigenvalue weighted by atomic mass is 10.0. The first-order chi connectivity index (χ1) is 16.7. The largest absolute Gasteiger partial charge is 0.361 e. The Morgan fingerprint density at radius 2 is 0.941 bits per heavy atom. The summed E-state index contributed by atoms with van der Waals surface area (Å²) >= 11 is 0. The molecule has 0 bridgehead atoms. The number of H-pyrrole nitrogens is 2. The summed E-state index contributed by atoms with van der Waals surface area (Å²) in [7, 11) is 0. The third kappa shape index (κ3) is 6.69. The van der Waals surface area contributed by atoms with E-state index in [9.17, 15) is 9.59 Å². The second kappa shape index (κ2) is 12.4. The van der Waals surface area contributed by atoms with Crippen molar-refractivity contribution in [2.24, 2.45) is 0 Å². The number of hydrogen-bond acceptors (Lipinski definition) is 2. The van der Waals surface area contributed by atoms with Crippen molar-refractivity contribution in [3.63, 3.8) is 0 Å². The summed E-state index contributed by atoms with van der Waals surface area (Å²) in [5, 5.41) is 2.53. The van der Waals surface area contributed by atoms with Crippen LogP contribution in [0.3, 0.4) is 0 Å². The molecular formula is C30H36N2O2. The number of fused-ring (bicyclic) bond motifs is 2. The van der Waals surface area contributed by atoms with Gasteiger partial charge in [-0.3, -0.25) is 9.59 Å². The zero-order valence-electron chi connectivity index (χ0n) is 20.1. The van der Waals surface area contributed by atoms with Gasteiger partial charge in [-0.25, -0.2) is 0 Å². The Labute approximate surface area is 202 Å². The van der Waals surface area contributed by atoms with Gasteiger partial charge >= 0.3 is 0 Å². The van der Waals surface area contributed by atoms with Crippen LogP contribution in [0.25, 0.3) is 21.8 Å². The van der Waals surface area contributed by atoms with E-state index in [-0.39, 0.29) is 0 Å². The average Bonchev–Trinajstić information content (AvgIpc) is 3.46. The molecule has 4 heteroatoms. The van der Waals surface area contributed by atoms with Crippen LogP contribution in [0.2, 0.25) is 0 Å². The second-order valence-corrected chi connectivity index (χ2v) is 9.42. The molecule has 4 aromatic rings. The van der Waals surface area contributed by atoms with Crippen LogP contribution in [-0.4, -0.2) is 21.5 Å². The van der Waals surface area contributed by atoms with Crippen molar-refractivity contribution < 1.29 is 9.59 Å². The fraction of sp³-hybridized carbons (Fsp3) is 0.400. The van der Waals surface area contributed by atoms with Crippen LogP contribution in [-0.2, 0) is 22.4 Å². The number of ketones is 2. The van der Waals surface area contributed by atoms with Gasteiger partial charge in [0.05, 0.1) is 0 Å². The molecule has 4 rings (SSSR count). The Morgan fingerprint density at radius 1 is 0.529 bits per heavy atom. The Morgan fingerprint density at radius 3 is 1.41 bits per heavy atom.